The number of nitrogens with zero attached hydrogens (tertiary/aromatic N) is 5. The lowest BCUT2D eigenvalue weighted by atomic mass is 9.93. The molecule has 10 heteroatoms. The predicted molar refractivity (Wildman–Crippen MR) is 140 cm³/mol. The lowest BCUT2D eigenvalue weighted by Crippen LogP contribution is -2.38. The molecule has 1 N–H and O–H groups in total. The molecular formula is C26H34N6O4. The third-order valence-electron chi connectivity index (χ3n) is 6.68. The second-order valence-electron chi connectivity index (χ2n) is 9.21. The Labute approximate surface area is 211 Å². The van der Waals surface area contributed by atoms with Crippen LogP contribution < -0.4 is 19.7 Å². The molecule has 10 nitrogen and oxygen atoms in total. The lowest BCUT2D eigenvalue weighted by Gasteiger charge is -2.32. The third-order valence-corrected chi connectivity index (χ3v) is 6.68. The van der Waals surface area contributed by atoms with Crippen molar-refractivity contribution in [3.8, 4) is 11.5 Å². The van der Waals surface area contributed by atoms with Crippen LogP contribution in [-0.2, 0) is 9.47 Å². The quantitative estimate of drug-likeness (QED) is 0.523. The molecule has 0 radical (unpaired) electrons. The van der Waals surface area contributed by atoms with E-state index in [0.29, 0.717) is 36.6 Å². The van der Waals surface area contributed by atoms with E-state index in [0.717, 1.165) is 69.1 Å². The summed E-state index contributed by atoms with van der Waals surface area (Å²) in [5.41, 5.74) is 2.54. The zero-order valence-electron chi connectivity index (χ0n) is 20.8. The van der Waals surface area contributed by atoms with E-state index in [1.165, 1.54) is 0 Å². The molecule has 3 fully saturated rings. The summed E-state index contributed by atoms with van der Waals surface area (Å²) in [5.74, 6) is 2.03. The minimum absolute atomic E-state index is 0.100. The van der Waals surface area contributed by atoms with Gasteiger partial charge in [0.05, 0.1) is 50.6 Å². The Morgan fingerprint density at radius 2 is 1.78 bits per heavy atom. The van der Waals surface area contributed by atoms with E-state index in [1.54, 1.807) is 18.6 Å². The molecule has 5 rings (SSSR count). The first-order chi connectivity index (χ1) is 17.7. The van der Waals surface area contributed by atoms with Crippen molar-refractivity contribution in [3.63, 3.8) is 0 Å². The third kappa shape index (κ3) is 5.93. The molecule has 0 bridgehead atoms. The number of benzene rings is 1. The summed E-state index contributed by atoms with van der Waals surface area (Å²) in [6.07, 6.45) is 9.18. The standard InChI is InChI=1S/C26H34N6O4/c1-3-28-23-12-19(32-8-10-33-11-9-32)13-24(25(23)27-2)36-20-6-4-18(5-7-20)31-26-29-14-21(15-30-26)35-22-16-34-17-22/h3,12-15,18,20,22H,2,4-11,16-17H2,1H3,(H,29,30,31). The van der Waals surface area contributed by atoms with Crippen molar-refractivity contribution in [1.82, 2.24) is 9.97 Å². The van der Waals surface area contributed by atoms with E-state index in [1.807, 2.05) is 6.92 Å². The van der Waals surface area contributed by atoms with Crippen LogP contribution in [0.5, 0.6) is 11.5 Å². The van der Waals surface area contributed by atoms with Crippen molar-refractivity contribution < 1.29 is 18.9 Å². The summed E-state index contributed by atoms with van der Waals surface area (Å²) in [7, 11) is 0. The summed E-state index contributed by atoms with van der Waals surface area (Å²) in [4.78, 5) is 19.9. The normalized spacial score (nSPS) is 22.8. The van der Waals surface area contributed by atoms with Crippen LogP contribution in [0.4, 0.5) is 23.0 Å². The van der Waals surface area contributed by atoms with Crippen molar-refractivity contribution in [2.75, 3.05) is 49.7 Å². The van der Waals surface area contributed by atoms with Crippen LogP contribution in [0.1, 0.15) is 32.6 Å². The Morgan fingerprint density at radius 1 is 1.03 bits per heavy atom. The Hall–Kier alpha value is -3.24. The molecule has 0 spiro atoms. The number of morpholine rings is 1. The van der Waals surface area contributed by atoms with E-state index >= 15 is 0 Å². The van der Waals surface area contributed by atoms with Crippen LogP contribution in [0.25, 0.3) is 0 Å². The topological polar surface area (TPSA) is 103 Å². The van der Waals surface area contributed by atoms with Crippen LogP contribution in [0.2, 0.25) is 0 Å². The molecule has 1 aromatic heterocycles. The van der Waals surface area contributed by atoms with E-state index in [9.17, 15) is 0 Å². The van der Waals surface area contributed by atoms with Crippen molar-refractivity contribution in [3.05, 3.63) is 24.5 Å². The highest BCUT2D eigenvalue weighted by Crippen LogP contribution is 2.43. The Bertz CT molecular complexity index is 1050. The van der Waals surface area contributed by atoms with Crippen LogP contribution in [0.15, 0.2) is 34.5 Å². The molecule has 2 saturated heterocycles. The maximum atomic E-state index is 6.51. The number of aliphatic imine (C=N–C) groups is 2. The lowest BCUT2D eigenvalue weighted by molar-refractivity contribution is -0.0799. The smallest absolute Gasteiger partial charge is 0.223 e. The van der Waals surface area contributed by atoms with Gasteiger partial charge in [-0.15, -0.1) is 0 Å². The first-order valence-corrected chi connectivity index (χ1v) is 12.7. The van der Waals surface area contributed by atoms with E-state index in [-0.39, 0.29) is 12.2 Å². The van der Waals surface area contributed by atoms with E-state index in [2.05, 4.69) is 49.0 Å². The summed E-state index contributed by atoms with van der Waals surface area (Å²) in [6.45, 7) is 10.1. The van der Waals surface area contributed by atoms with Crippen LogP contribution in [-0.4, -0.2) is 80.7 Å². The molecule has 2 aliphatic heterocycles. The molecule has 36 heavy (non-hydrogen) atoms. The van der Waals surface area contributed by atoms with E-state index in [4.69, 9.17) is 18.9 Å². The van der Waals surface area contributed by atoms with Crippen molar-refractivity contribution in [2.24, 2.45) is 9.98 Å². The molecule has 1 aromatic carbocycles. The minimum atomic E-state index is 0.100. The fourth-order valence-corrected chi connectivity index (χ4v) is 4.68. The molecule has 192 valence electrons. The first-order valence-electron chi connectivity index (χ1n) is 12.7. The number of anilines is 2. The van der Waals surface area contributed by atoms with Crippen LogP contribution in [0, 0.1) is 0 Å². The van der Waals surface area contributed by atoms with Gasteiger partial charge in [0, 0.05) is 37.1 Å². The number of rotatable bonds is 9. The average molecular weight is 495 g/mol. The van der Waals surface area contributed by atoms with Gasteiger partial charge in [-0.05, 0) is 45.4 Å². The zero-order valence-corrected chi connectivity index (χ0v) is 20.8. The molecular weight excluding hydrogens is 460 g/mol. The second-order valence-corrected chi connectivity index (χ2v) is 9.21. The van der Waals surface area contributed by atoms with Crippen molar-refractivity contribution >= 4 is 35.9 Å². The number of aromatic nitrogens is 2. The summed E-state index contributed by atoms with van der Waals surface area (Å²) in [6, 6.07) is 4.43. The maximum absolute atomic E-state index is 6.51. The number of hydrogen-bond donors (Lipinski definition) is 1. The predicted octanol–water partition coefficient (Wildman–Crippen LogP) is 3.95. The number of nitrogens with one attached hydrogen (secondary N) is 1. The van der Waals surface area contributed by atoms with E-state index < -0.39 is 0 Å². The van der Waals surface area contributed by atoms with Gasteiger partial charge in [0.2, 0.25) is 5.95 Å². The molecule has 0 atom stereocenters. The Balaban J connectivity index is 1.19. The fraction of sp³-hybridized carbons (Fsp3) is 0.538. The van der Waals surface area contributed by atoms with Crippen LogP contribution >= 0.6 is 0 Å². The monoisotopic (exact) mass is 494 g/mol. The molecule has 1 aliphatic carbocycles. The average Bonchev–Trinajstić information content (AvgIpc) is 2.89. The highest BCUT2D eigenvalue weighted by atomic mass is 16.6. The van der Waals surface area contributed by atoms with Gasteiger partial charge in [-0.1, -0.05) is 0 Å². The highest BCUT2D eigenvalue weighted by Gasteiger charge is 2.25. The van der Waals surface area contributed by atoms with Gasteiger partial charge in [0.15, 0.2) is 5.75 Å². The van der Waals surface area contributed by atoms with Crippen molar-refractivity contribution in [1.29, 1.82) is 0 Å². The number of ether oxygens (including phenoxy) is 4. The molecule has 3 heterocycles. The van der Waals surface area contributed by atoms with Gasteiger partial charge in [0.25, 0.3) is 0 Å². The SMILES string of the molecule is C=Nc1c(N=CC)cc(N2CCOCC2)cc1OC1CCC(Nc2ncc(OC3COC3)cn2)CC1. The van der Waals surface area contributed by atoms with Crippen LogP contribution in [0.3, 0.4) is 0 Å². The van der Waals surface area contributed by atoms with Gasteiger partial charge < -0.3 is 29.2 Å². The highest BCUT2D eigenvalue weighted by molar-refractivity contribution is 5.80. The maximum Gasteiger partial charge on any atom is 0.223 e. The van der Waals surface area contributed by atoms with Gasteiger partial charge in [-0.3, -0.25) is 9.98 Å². The summed E-state index contributed by atoms with van der Waals surface area (Å²) < 4.78 is 22.9. The molecule has 0 amide bonds. The van der Waals surface area contributed by atoms with Gasteiger partial charge in [0.1, 0.15) is 17.5 Å². The Kier molecular flexibility index (Phi) is 7.92. The van der Waals surface area contributed by atoms with Gasteiger partial charge in [-0.25, -0.2) is 9.97 Å². The first kappa shape index (κ1) is 24.5. The van der Waals surface area contributed by atoms with Gasteiger partial charge in [-0.2, -0.15) is 0 Å². The number of hydrogen-bond acceptors (Lipinski definition) is 10. The minimum Gasteiger partial charge on any atom is -0.488 e. The van der Waals surface area contributed by atoms with Gasteiger partial charge >= 0.3 is 0 Å². The molecule has 1 saturated carbocycles. The second kappa shape index (κ2) is 11.7. The largest absolute Gasteiger partial charge is 0.488 e. The zero-order chi connectivity index (χ0) is 24.7. The molecule has 0 unspecified atom stereocenters. The fourth-order valence-electron chi connectivity index (χ4n) is 4.68. The summed E-state index contributed by atoms with van der Waals surface area (Å²) >= 11 is 0. The summed E-state index contributed by atoms with van der Waals surface area (Å²) in [5, 5.41) is 3.45. The Morgan fingerprint density at radius 3 is 2.42 bits per heavy atom. The van der Waals surface area contributed by atoms with Crippen molar-refractivity contribution in [2.45, 2.75) is 50.9 Å². The molecule has 3 aliphatic rings. The molecule has 2 aromatic rings.